The molecule has 44 heavy (non-hydrogen) atoms. The fourth-order valence-corrected chi connectivity index (χ4v) is 6.65. The third kappa shape index (κ3) is 6.43. The number of nitrogens with two attached hydrogens (primary N) is 1. The number of hydrogen-bond acceptors (Lipinski definition) is 9. The van der Waals surface area contributed by atoms with Gasteiger partial charge >= 0.3 is 0 Å². The molecule has 0 bridgehead atoms. The van der Waals surface area contributed by atoms with Crippen LogP contribution in [-0.2, 0) is 0 Å². The monoisotopic (exact) mass is 630 g/mol. The number of hydrogen-bond donors (Lipinski definition) is 2. The van der Waals surface area contributed by atoms with Gasteiger partial charge in [0.1, 0.15) is 5.82 Å². The minimum absolute atomic E-state index is 0.424. The maximum Gasteiger partial charge on any atom is 0.248 e. The van der Waals surface area contributed by atoms with Gasteiger partial charge in [-0.1, -0.05) is 30.7 Å². The molecule has 2 aromatic heterocycles. The number of carbonyl (C=O) groups excluding carboxylic acids is 1. The van der Waals surface area contributed by atoms with E-state index in [1.807, 2.05) is 37.3 Å². The number of nitrogens with one attached hydrogen (secondary N) is 1. The topological polar surface area (TPSA) is 115 Å². The fraction of sp³-hybridized carbons (Fsp3) is 0.333. The number of amides is 1. The average molecular weight is 631 g/mol. The maximum atomic E-state index is 11.8. The second-order valence-corrected chi connectivity index (χ2v) is 12.7. The minimum Gasteiger partial charge on any atom is -0.493 e. The van der Waals surface area contributed by atoms with Crippen LogP contribution in [0.4, 0.5) is 11.5 Å². The predicted molar refractivity (Wildman–Crippen MR) is 178 cm³/mol. The third-order valence-electron chi connectivity index (χ3n) is 8.06. The maximum absolute atomic E-state index is 11.8. The summed E-state index contributed by atoms with van der Waals surface area (Å²) in [5.74, 6) is 2.53. The summed E-state index contributed by atoms with van der Waals surface area (Å²) in [5, 5.41) is 5.38. The van der Waals surface area contributed by atoms with Gasteiger partial charge in [0.25, 0.3) is 0 Å². The van der Waals surface area contributed by atoms with Crippen molar-refractivity contribution in [2.75, 3.05) is 38.7 Å². The molecular formula is C33H35ClN6O3S. The number of carbonyl (C=O) groups is 1. The Balaban J connectivity index is 1.36. The van der Waals surface area contributed by atoms with Crippen LogP contribution < -0.4 is 20.5 Å². The van der Waals surface area contributed by atoms with E-state index in [-0.39, 0.29) is 0 Å². The molecule has 3 N–H and O–H groups in total. The van der Waals surface area contributed by atoms with Gasteiger partial charge in [0.15, 0.2) is 22.3 Å². The summed E-state index contributed by atoms with van der Waals surface area (Å²) in [6.07, 6.45) is 3.43. The Kier molecular flexibility index (Phi) is 8.83. The number of para-hydroxylation sites is 1. The zero-order chi connectivity index (χ0) is 30.8. The molecule has 11 heteroatoms. The van der Waals surface area contributed by atoms with Crippen LogP contribution in [0.5, 0.6) is 11.5 Å². The standard InChI is InChI=1S/C33H35ClN6O3S/c1-19-10-13-40(14-11-19)12-5-15-43-27-18-25-22(17-26(27)42-3)31(38-29-20(2)6-4-7-23(29)34)39-32(36-25)33-37-24-9-8-21(30(35)41)16-28(24)44-33/h4,6-9,16-19H,5,10-15H2,1-3H3,(H2,35,41)(H,36,38,39). The molecule has 0 unspecified atom stereocenters. The number of primary amides is 1. The van der Waals surface area contributed by atoms with E-state index in [4.69, 9.17) is 41.8 Å². The highest BCUT2D eigenvalue weighted by Gasteiger charge is 2.19. The first kappa shape index (κ1) is 30.1. The number of methoxy groups -OCH3 is 1. The van der Waals surface area contributed by atoms with Crippen molar-refractivity contribution in [3.8, 4) is 22.3 Å². The van der Waals surface area contributed by atoms with Crippen molar-refractivity contribution in [3.63, 3.8) is 0 Å². The zero-order valence-corrected chi connectivity index (χ0v) is 26.6. The number of anilines is 2. The van der Waals surface area contributed by atoms with Crippen molar-refractivity contribution >= 4 is 61.5 Å². The van der Waals surface area contributed by atoms with Crippen LogP contribution in [-0.4, -0.2) is 59.1 Å². The summed E-state index contributed by atoms with van der Waals surface area (Å²) in [4.78, 5) is 28.9. The number of likely N-dealkylation sites (tertiary alicyclic amines) is 1. The first-order chi connectivity index (χ1) is 21.3. The summed E-state index contributed by atoms with van der Waals surface area (Å²) in [7, 11) is 1.63. The van der Waals surface area contributed by atoms with Gasteiger partial charge in [-0.3, -0.25) is 4.79 Å². The van der Waals surface area contributed by atoms with E-state index in [2.05, 4.69) is 17.1 Å². The SMILES string of the molecule is COc1cc2c(Nc3c(C)cccc3Cl)nc(-c3nc4ccc(C(N)=O)cc4s3)nc2cc1OCCCN1CCC(C)CC1. The number of aryl methyl sites for hydroxylation is 1. The number of thiazole rings is 1. The molecule has 6 rings (SSSR count). The molecule has 1 amide bonds. The van der Waals surface area contributed by atoms with Crippen LogP contribution in [0.1, 0.15) is 42.1 Å². The molecule has 0 radical (unpaired) electrons. The first-order valence-electron chi connectivity index (χ1n) is 14.8. The summed E-state index contributed by atoms with van der Waals surface area (Å²) >= 11 is 7.99. The molecule has 3 aromatic carbocycles. The molecule has 1 aliphatic heterocycles. The number of nitrogens with zero attached hydrogens (tertiary/aromatic N) is 4. The number of fused-ring (bicyclic) bond motifs is 2. The van der Waals surface area contributed by atoms with Crippen molar-refractivity contribution in [2.24, 2.45) is 11.7 Å². The Morgan fingerprint density at radius 2 is 1.91 bits per heavy atom. The van der Waals surface area contributed by atoms with E-state index in [1.54, 1.807) is 25.3 Å². The van der Waals surface area contributed by atoms with E-state index >= 15 is 0 Å². The van der Waals surface area contributed by atoms with Gasteiger partial charge in [0.2, 0.25) is 5.91 Å². The van der Waals surface area contributed by atoms with Crippen molar-refractivity contribution in [1.82, 2.24) is 19.9 Å². The van der Waals surface area contributed by atoms with Crippen molar-refractivity contribution in [2.45, 2.75) is 33.1 Å². The van der Waals surface area contributed by atoms with Gasteiger partial charge in [-0.2, -0.15) is 0 Å². The van der Waals surface area contributed by atoms with Gasteiger partial charge < -0.3 is 25.4 Å². The quantitative estimate of drug-likeness (QED) is 0.155. The normalized spacial score (nSPS) is 14.3. The smallest absolute Gasteiger partial charge is 0.248 e. The summed E-state index contributed by atoms with van der Waals surface area (Å²) < 4.78 is 12.8. The van der Waals surface area contributed by atoms with Gasteiger partial charge in [-0.15, -0.1) is 11.3 Å². The second kappa shape index (κ2) is 12.9. The second-order valence-electron chi connectivity index (χ2n) is 11.3. The molecule has 0 saturated carbocycles. The van der Waals surface area contributed by atoms with E-state index < -0.39 is 5.91 Å². The lowest BCUT2D eigenvalue weighted by Crippen LogP contribution is -2.34. The zero-order valence-electron chi connectivity index (χ0n) is 25.0. The number of piperidine rings is 1. The predicted octanol–water partition coefficient (Wildman–Crippen LogP) is 7.22. The molecule has 5 aromatic rings. The van der Waals surface area contributed by atoms with Crippen LogP contribution in [0, 0.1) is 12.8 Å². The Labute approximate surface area is 265 Å². The lowest BCUT2D eigenvalue weighted by molar-refractivity contribution is 0.100. The molecule has 9 nitrogen and oxygen atoms in total. The van der Waals surface area contributed by atoms with E-state index in [9.17, 15) is 4.79 Å². The molecule has 3 heterocycles. The van der Waals surface area contributed by atoms with Gasteiger partial charge in [-0.05, 0) is 81.1 Å². The lowest BCUT2D eigenvalue weighted by Gasteiger charge is -2.30. The Bertz CT molecular complexity index is 1820. The van der Waals surface area contributed by atoms with Crippen LogP contribution in [0.15, 0.2) is 48.5 Å². The molecule has 1 saturated heterocycles. The molecule has 0 spiro atoms. The van der Waals surface area contributed by atoms with Crippen molar-refractivity contribution < 1.29 is 14.3 Å². The largest absolute Gasteiger partial charge is 0.493 e. The molecule has 1 fully saturated rings. The Morgan fingerprint density at radius 3 is 2.66 bits per heavy atom. The van der Waals surface area contributed by atoms with Crippen LogP contribution in [0.2, 0.25) is 5.02 Å². The van der Waals surface area contributed by atoms with Crippen molar-refractivity contribution in [3.05, 3.63) is 64.7 Å². The highest BCUT2D eigenvalue weighted by atomic mass is 35.5. The lowest BCUT2D eigenvalue weighted by atomic mass is 9.99. The molecular weight excluding hydrogens is 596 g/mol. The van der Waals surface area contributed by atoms with E-state index in [0.29, 0.717) is 50.9 Å². The van der Waals surface area contributed by atoms with Gasteiger partial charge in [0, 0.05) is 23.6 Å². The Morgan fingerprint density at radius 1 is 1.09 bits per heavy atom. The number of aromatic nitrogens is 3. The summed E-state index contributed by atoms with van der Waals surface area (Å²) in [6.45, 7) is 8.19. The number of benzene rings is 3. The number of halogens is 1. The molecule has 0 atom stereocenters. The Hall–Kier alpha value is -3.99. The number of rotatable bonds is 10. The number of ether oxygens (including phenoxy) is 2. The highest BCUT2D eigenvalue weighted by molar-refractivity contribution is 7.21. The van der Waals surface area contributed by atoms with Crippen LogP contribution in [0.25, 0.3) is 32.0 Å². The molecule has 0 aliphatic carbocycles. The van der Waals surface area contributed by atoms with E-state index in [1.165, 1.54) is 24.2 Å². The van der Waals surface area contributed by atoms with Crippen LogP contribution in [0.3, 0.4) is 0 Å². The van der Waals surface area contributed by atoms with Crippen LogP contribution >= 0.6 is 22.9 Å². The summed E-state index contributed by atoms with van der Waals surface area (Å²) in [5.41, 5.74) is 9.05. The molecule has 1 aliphatic rings. The highest BCUT2D eigenvalue weighted by Crippen LogP contribution is 2.39. The minimum atomic E-state index is -0.489. The first-order valence-corrected chi connectivity index (χ1v) is 16.0. The summed E-state index contributed by atoms with van der Waals surface area (Å²) in [6, 6.07) is 14.7. The average Bonchev–Trinajstić information content (AvgIpc) is 3.45. The third-order valence-corrected chi connectivity index (χ3v) is 9.39. The van der Waals surface area contributed by atoms with Crippen molar-refractivity contribution in [1.29, 1.82) is 0 Å². The van der Waals surface area contributed by atoms with Gasteiger partial charge in [-0.25, -0.2) is 15.0 Å². The van der Waals surface area contributed by atoms with Gasteiger partial charge in [0.05, 0.1) is 40.2 Å². The van der Waals surface area contributed by atoms with E-state index in [0.717, 1.165) is 58.8 Å². The fourth-order valence-electron chi connectivity index (χ4n) is 5.44. The molecule has 228 valence electrons.